The predicted molar refractivity (Wildman–Crippen MR) is 83.3 cm³/mol. The van der Waals surface area contributed by atoms with Crippen molar-refractivity contribution >= 4 is 5.91 Å². The van der Waals surface area contributed by atoms with Crippen LogP contribution >= 0.6 is 0 Å². The van der Waals surface area contributed by atoms with Gasteiger partial charge in [0.2, 0.25) is 5.91 Å². The maximum absolute atomic E-state index is 12.3. The Morgan fingerprint density at radius 3 is 2.73 bits per heavy atom. The van der Waals surface area contributed by atoms with E-state index in [9.17, 15) is 9.90 Å². The summed E-state index contributed by atoms with van der Waals surface area (Å²) in [7, 11) is 0. The average molecular weight is 304 g/mol. The molecule has 0 bridgehead atoms. The van der Waals surface area contributed by atoms with E-state index < -0.39 is 0 Å². The summed E-state index contributed by atoms with van der Waals surface area (Å²) in [5.74, 6) is 0.372. The fraction of sp³-hybridized carbons (Fsp3) is 0.625. The van der Waals surface area contributed by atoms with Gasteiger partial charge in [0.25, 0.3) is 0 Å². The number of nitrogens with one attached hydrogen (secondary N) is 1. The molecule has 0 radical (unpaired) electrons. The monoisotopic (exact) mass is 304 g/mol. The molecule has 1 aromatic rings. The van der Waals surface area contributed by atoms with Crippen molar-refractivity contribution in [3.05, 3.63) is 30.1 Å². The summed E-state index contributed by atoms with van der Waals surface area (Å²) in [5, 5.41) is 13.5. The topological polar surface area (TPSA) is 68.7 Å². The Labute approximate surface area is 131 Å². The van der Waals surface area contributed by atoms with Gasteiger partial charge in [-0.15, -0.1) is 0 Å². The minimum Gasteiger partial charge on any atom is -0.391 e. The molecule has 0 spiro atoms. The smallest absolute Gasteiger partial charge is 0.236 e. The zero-order chi connectivity index (χ0) is 15.4. The van der Waals surface area contributed by atoms with Crippen molar-refractivity contribution in [2.75, 3.05) is 45.8 Å². The third-order valence-corrected chi connectivity index (χ3v) is 4.56. The van der Waals surface area contributed by atoms with Gasteiger partial charge in [0.15, 0.2) is 0 Å². The summed E-state index contributed by atoms with van der Waals surface area (Å²) >= 11 is 0. The second-order valence-corrected chi connectivity index (χ2v) is 6.21. The van der Waals surface area contributed by atoms with Crippen molar-refractivity contribution in [3.63, 3.8) is 0 Å². The van der Waals surface area contributed by atoms with E-state index in [4.69, 9.17) is 0 Å². The molecule has 2 N–H and O–H groups in total. The van der Waals surface area contributed by atoms with Gasteiger partial charge < -0.3 is 15.3 Å². The van der Waals surface area contributed by atoms with Gasteiger partial charge in [0.1, 0.15) is 0 Å². The van der Waals surface area contributed by atoms with Crippen molar-refractivity contribution in [2.45, 2.75) is 12.5 Å². The highest BCUT2D eigenvalue weighted by atomic mass is 16.3. The zero-order valence-electron chi connectivity index (χ0n) is 12.8. The molecular formula is C16H24N4O2. The Kier molecular flexibility index (Phi) is 5.02. The van der Waals surface area contributed by atoms with Crippen LogP contribution in [0.25, 0.3) is 0 Å². The molecular weight excluding hydrogens is 280 g/mol. The van der Waals surface area contributed by atoms with Crippen molar-refractivity contribution in [1.29, 1.82) is 0 Å². The van der Waals surface area contributed by atoms with Crippen LogP contribution in [0.15, 0.2) is 24.5 Å². The average Bonchev–Trinajstić information content (AvgIpc) is 2.88. The van der Waals surface area contributed by atoms with Crippen molar-refractivity contribution in [2.24, 2.45) is 5.92 Å². The first-order chi connectivity index (χ1) is 10.7. The highest BCUT2D eigenvalue weighted by Crippen LogP contribution is 2.21. The van der Waals surface area contributed by atoms with Crippen LogP contribution in [0.3, 0.4) is 0 Å². The predicted octanol–water partition coefficient (Wildman–Crippen LogP) is -0.651. The fourth-order valence-electron chi connectivity index (χ4n) is 3.30. The number of likely N-dealkylation sites (tertiary alicyclic amines) is 1. The third-order valence-electron chi connectivity index (χ3n) is 4.56. The van der Waals surface area contributed by atoms with Crippen LogP contribution in [0.2, 0.25) is 0 Å². The van der Waals surface area contributed by atoms with Gasteiger partial charge in [-0.2, -0.15) is 0 Å². The minimum atomic E-state index is -0.357. The van der Waals surface area contributed by atoms with E-state index in [0.29, 0.717) is 13.1 Å². The first-order valence-electron chi connectivity index (χ1n) is 8.00. The number of amides is 1. The maximum Gasteiger partial charge on any atom is 0.236 e. The molecule has 0 saturated carbocycles. The Morgan fingerprint density at radius 2 is 2.00 bits per heavy atom. The summed E-state index contributed by atoms with van der Waals surface area (Å²) in [4.78, 5) is 20.3. The first kappa shape index (κ1) is 15.4. The van der Waals surface area contributed by atoms with E-state index in [0.717, 1.165) is 39.1 Å². The molecule has 3 heterocycles. The van der Waals surface area contributed by atoms with Gasteiger partial charge in [0.05, 0.1) is 12.6 Å². The SMILES string of the molecule is O=C(CN1C[C@@H](Cc2ccncc2)[C@H](O)C1)N1CCNCC1. The third kappa shape index (κ3) is 3.82. The molecule has 3 rings (SSSR count). The summed E-state index contributed by atoms with van der Waals surface area (Å²) in [6.07, 6.45) is 4.04. The number of aliphatic hydroxyl groups excluding tert-OH is 1. The largest absolute Gasteiger partial charge is 0.391 e. The van der Waals surface area contributed by atoms with Crippen molar-refractivity contribution < 1.29 is 9.90 Å². The molecule has 0 aliphatic carbocycles. The van der Waals surface area contributed by atoms with Crippen LogP contribution in [0.1, 0.15) is 5.56 Å². The number of β-amino-alcohol motifs (C(OH)–C–C–N with tert-alkyl or cyclic N) is 1. The van der Waals surface area contributed by atoms with Gasteiger partial charge in [-0.1, -0.05) is 0 Å². The van der Waals surface area contributed by atoms with Crippen molar-refractivity contribution in [3.8, 4) is 0 Å². The van der Waals surface area contributed by atoms with Crippen LogP contribution in [0.5, 0.6) is 0 Å². The fourth-order valence-corrected chi connectivity index (χ4v) is 3.30. The molecule has 2 aliphatic heterocycles. The van der Waals surface area contributed by atoms with Gasteiger partial charge in [-0.05, 0) is 24.1 Å². The molecule has 6 nitrogen and oxygen atoms in total. The van der Waals surface area contributed by atoms with Gasteiger partial charge in [0, 0.05) is 57.6 Å². The van der Waals surface area contributed by atoms with Gasteiger partial charge in [-0.25, -0.2) is 0 Å². The number of piperazine rings is 1. The lowest BCUT2D eigenvalue weighted by atomic mass is 9.97. The van der Waals surface area contributed by atoms with E-state index >= 15 is 0 Å². The molecule has 2 saturated heterocycles. The maximum atomic E-state index is 12.3. The molecule has 1 aromatic heterocycles. The Balaban J connectivity index is 1.51. The number of pyridine rings is 1. The van der Waals surface area contributed by atoms with E-state index in [1.54, 1.807) is 12.4 Å². The molecule has 1 amide bonds. The van der Waals surface area contributed by atoms with Crippen molar-refractivity contribution in [1.82, 2.24) is 20.1 Å². The molecule has 0 unspecified atom stereocenters. The van der Waals surface area contributed by atoms with Gasteiger partial charge >= 0.3 is 0 Å². The molecule has 2 atom stereocenters. The first-order valence-corrected chi connectivity index (χ1v) is 8.00. The Morgan fingerprint density at radius 1 is 1.27 bits per heavy atom. The highest BCUT2D eigenvalue weighted by molar-refractivity contribution is 5.78. The minimum absolute atomic E-state index is 0.179. The van der Waals surface area contributed by atoms with Crippen LogP contribution in [0, 0.1) is 5.92 Å². The normalized spacial score (nSPS) is 26.3. The number of aliphatic hydroxyl groups is 1. The molecule has 2 aliphatic rings. The standard InChI is InChI=1S/C16H24N4O2/c21-15-11-19(12-16(22)20-7-5-18-6-8-20)10-14(15)9-13-1-3-17-4-2-13/h1-4,14-15,18,21H,5-12H2/t14-,15-/m1/s1. The summed E-state index contributed by atoms with van der Waals surface area (Å²) in [5.41, 5.74) is 1.19. The molecule has 2 fully saturated rings. The van der Waals surface area contributed by atoms with Gasteiger partial charge in [-0.3, -0.25) is 14.7 Å². The summed E-state index contributed by atoms with van der Waals surface area (Å²) < 4.78 is 0. The molecule has 6 heteroatoms. The number of hydrogen-bond donors (Lipinski definition) is 2. The number of rotatable bonds is 4. The number of nitrogens with zero attached hydrogens (tertiary/aromatic N) is 3. The molecule has 22 heavy (non-hydrogen) atoms. The van der Waals surface area contributed by atoms with Crippen LogP contribution in [-0.2, 0) is 11.2 Å². The number of aromatic nitrogens is 1. The lowest BCUT2D eigenvalue weighted by Gasteiger charge is -2.29. The van der Waals surface area contributed by atoms with E-state index in [1.165, 1.54) is 5.56 Å². The number of carbonyl (C=O) groups excluding carboxylic acids is 1. The quantitative estimate of drug-likeness (QED) is 0.774. The molecule has 0 aromatic carbocycles. The zero-order valence-corrected chi connectivity index (χ0v) is 12.8. The van der Waals surface area contributed by atoms with Crippen LogP contribution in [-0.4, -0.2) is 77.7 Å². The van der Waals surface area contributed by atoms with E-state index in [-0.39, 0.29) is 17.9 Å². The second-order valence-electron chi connectivity index (χ2n) is 6.21. The van der Waals surface area contributed by atoms with E-state index in [1.807, 2.05) is 17.0 Å². The second kappa shape index (κ2) is 7.17. The lowest BCUT2D eigenvalue weighted by molar-refractivity contribution is -0.132. The van der Waals surface area contributed by atoms with Crippen LogP contribution in [0.4, 0.5) is 0 Å². The van der Waals surface area contributed by atoms with E-state index in [2.05, 4.69) is 15.2 Å². The lowest BCUT2D eigenvalue weighted by Crippen LogP contribution is -2.49. The summed E-state index contributed by atoms with van der Waals surface area (Å²) in [6.45, 7) is 5.11. The molecule has 120 valence electrons. The summed E-state index contributed by atoms with van der Waals surface area (Å²) in [6, 6.07) is 3.97. The Bertz CT molecular complexity index is 490. The highest BCUT2D eigenvalue weighted by Gasteiger charge is 2.33. The van der Waals surface area contributed by atoms with Crippen LogP contribution < -0.4 is 5.32 Å². The Hall–Kier alpha value is -1.50. The number of hydrogen-bond acceptors (Lipinski definition) is 5. The number of carbonyl (C=O) groups is 1.